The fraction of sp³-hybridized carbons (Fsp3) is 0.269. The number of aryl methyl sites for hydroxylation is 2. The highest BCUT2D eigenvalue weighted by atomic mass is 32.2. The first-order valence-corrected chi connectivity index (χ1v) is 11.5. The van der Waals surface area contributed by atoms with Crippen LogP contribution < -0.4 is 10.1 Å². The summed E-state index contributed by atoms with van der Waals surface area (Å²) < 4.78 is 5.80. The van der Waals surface area contributed by atoms with Crippen molar-refractivity contribution in [3.05, 3.63) is 95.1 Å². The lowest BCUT2D eigenvalue weighted by Crippen LogP contribution is -2.23. The Kier molecular flexibility index (Phi) is 8.40. The molecule has 4 heteroatoms. The Morgan fingerprint density at radius 1 is 0.900 bits per heavy atom. The second kappa shape index (κ2) is 11.5. The monoisotopic (exact) mass is 419 g/mol. The molecule has 0 aliphatic heterocycles. The molecule has 3 nitrogen and oxygen atoms in total. The van der Waals surface area contributed by atoms with Crippen molar-refractivity contribution < 1.29 is 9.53 Å². The summed E-state index contributed by atoms with van der Waals surface area (Å²) in [6.45, 7) is 5.46. The van der Waals surface area contributed by atoms with E-state index < -0.39 is 0 Å². The number of amides is 1. The molecule has 0 fully saturated rings. The lowest BCUT2D eigenvalue weighted by atomic mass is 10.0. The number of hydrogen-bond donors (Lipinski definition) is 1. The summed E-state index contributed by atoms with van der Waals surface area (Å²) in [5.74, 6) is 1.59. The summed E-state index contributed by atoms with van der Waals surface area (Å²) in [5.41, 5.74) is 4.42. The summed E-state index contributed by atoms with van der Waals surface area (Å²) in [5, 5.41) is 3.05. The molecule has 0 aromatic heterocycles. The highest BCUT2D eigenvalue weighted by Gasteiger charge is 2.08. The SMILES string of the molecule is CCc1ccc(CC)c(CNC(=O)c2ccc(OCCSc3ccccc3)cc2)c1. The van der Waals surface area contributed by atoms with Crippen LogP contribution in [-0.2, 0) is 19.4 Å². The molecule has 156 valence electrons. The fourth-order valence-corrected chi connectivity index (χ4v) is 3.98. The lowest BCUT2D eigenvalue weighted by molar-refractivity contribution is 0.0951. The average Bonchev–Trinajstić information content (AvgIpc) is 2.81. The van der Waals surface area contributed by atoms with Gasteiger partial charge in [-0.15, -0.1) is 11.8 Å². The van der Waals surface area contributed by atoms with Gasteiger partial charge in [-0.25, -0.2) is 0 Å². The van der Waals surface area contributed by atoms with E-state index in [0.29, 0.717) is 18.7 Å². The van der Waals surface area contributed by atoms with Crippen LogP contribution in [0.3, 0.4) is 0 Å². The maximum atomic E-state index is 12.5. The third kappa shape index (κ3) is 6.39. The minimum atomic E-state index is -0.0647. The van der Waals surface area contributed by atoms with Gasteiger partial charge in [0.2, 0.25) is 0 Å². The molecule has 0 atom stereocenters. The Labute approximate surface area is 183 Å². The second-order valence-electron chi connectivity index (χ2n) is 7.03. The van der Waals surface area contributed by atoms with Gasteiger partial charge in [0.05, 0.1) is 6.61 Å². The van der Waals surface area contributed by atoms with Crippen molar-refractivity contribution in [3.8, 4) is 5.75 Å². The number of rotatable bonds is 10. The Hall–Kier alpha value is -2.72. The molecular weight excluding hydrogens is 390 g/mol. The van der Waals surface area contributed by atoms with Gasteiger partial charge in [0.25, 0.3) is 5.91 Å². The fourth-order valence-electron chi connectivity index (χ4n) is 3.22. The van der Waals surface area contributed by atoms with Crippen LogP contribution in [0.25, 0.3) is 0 Å². The van der Waals surface area contributed by atoms with Crippen molar-refractivity contribution in [3.63, 3.8) is 0 Å². The van der Waals surface area contributed by atoms with Crippen LogP contribution in [0.4, 0.5) is 0 Å². The zero-order valence-electron chi connectivity index (χ0n) is 17.7. The van der Waals surface area contributed by atoms with E-state index in [2.05, 4.69) is 49.5 Å². The van der Waals surface area contributed by atoms with Crippen LogP contribution in [0, 0.1) is 0 Å². The maximum Gasteiger partial charge on any atom is 0.251 e. The molecule has 0 spiro atoms. The largest absolute Gasteiger partial charge is 0.493 e. The number of thioether (sulfide) groups is 1. The molecule has 0 saturated carbocycles. The minimum Gasteiger partial charge on any atom is -0.493 e. The Morgan fingerprint density at radius 2 is 1.67 bits per heavy atom. The number of hydrogen-bond acceptors (Lipinski definition) is 3. The van der Waals surface area contributed by atoms with E-state index in [1.807, 2.05) is 42.5 Å². The van der Waals surface area contributed by atoms with Crippen molar-refractivity contribution >= 4 is 17.7 Å². The Morgan fingerprint density at radius 3 is 2.37 bits per heavy atom. The number of carbonyl (C=O) groups is 1. The lowest BCUT2D eigenvalue weighted by Gasteiger charge is -2.12. The molecule has 1 N–H and O–H groups in total. The van der Waals surface area contributed by atoms with E-state index in [-0.39, 0.29) is 5.91 Å². The molecule has 0 saturated heterocycles. The summed E-state index contributed by atoms with van der Waals surface area (Å²) >= 11 is 1.77. The van der Waals surface area contributed by atoms with Crippen LogP contribution in [0.2, 0.25) is 0 Å². The molecule has 0 unspecified atom stereocenters. The first-order valence-electron chi connectivity index (χ1n) is 10.5. The van der Waals surface area contributed by atoms with Gasteiger partial charge in [-0.2, -0.15) is 0 Å². The third-order valence-corrected chi connectivity index (χ3v) is 5.96. The maximum absolute atomic E-state index is 12.5. The number of nitrogens with one attached hydrogen (secondary N) is 1. The first kappa shape index (κ1) is 22.0. The number of ether oxygens (including phenoxy) is 1. The molecule has 0 heterocycles. The molecule has 3 rings (SSSR count). The van der Waals surface area contributed by atoms with E-state index in [4.69, 9.17) is 4.74 Å². The van der Waals surface area contributed by atoms with Gasteiger partial charge in [0.1, 0.15) is 5.75 Å². The molecule has 1 amide bonds. The van der Waals surface area contributed by atoms with Crippen molar-refractivity contribution in [1.82, 2.24) is 5.32 Å². The van der Waals surface area contributed by atoms with Gasteiger partial charge >= 0.3 is 0 Å². The molecule has 0 radical (unpaired) electrons. The van der Waals surface area contributed by atoms with E-state index in [9.17, 15) is 4.79 Å². The molecular formula is C26H29NO2S. The smallest absolute Gasteiger partial charge is 0.251 e. The predicted octanol–water partition coefficient (Wildman–Crippen LogP) is 5.91. The normalized spacial score (nSPS) is 10.6. The number of carbonyl (C=O) groups excluding carboxylic acids is 1. The van der Waals surface area contributed by atoms with Crippen molar-refractivity contribution in [2.45, 2.75) is 38.1 Å². The highest BCUT2D eigenvalue weighted by molar-refractivity contribution is 7.99. The van der Waals surface area contributed by atoms with Gasteiger partial charge in [-0.1, -0.05) is 50.2 Å². The zero-order valence-corrected chi connectivity index (χ0v) is 18.5. The molecule has 3 aromatic rings. The minimum absolute atomic E-state index is 0.0647. The van der Waals surface area contributed by atoms with Crippen molar-refractivity contribution in [2.24, 2.45) is 0 Å². The van der Waals surface area contributed by atoms with E-state index in [1.165, 1.54) is 21.6 Å². The molecule has 3 aromatic carbocycles. The van der Waals surface area contributed by atoms with Gasteiger partial charge in [0, 0.05) is 22.8 Å². The number of benzene rings is 3. The quantitative estimate of drug-likeness (QED) is 0.328. The standard InChI is InChI=1S/C26H29NO2S/c1-3-20-10-11-21(4-2)23(18-20)19-27-26(28)22-12-14-24(15-13-22)29-16-17-30-25-8-6-5-7-9-25/h5-15,18H,3-4,16-17,19H2,1-2H3,(H,27,28). The molecule has 0 bridgehead atoms. The van der Waals surface area contributed by atoms with E-state index in [1.54, 1.807) is 11.8 Å². The average molecular weight is 420 g/mol. The van der Waals surface area contributed by atoms with Crippen molar-refractivity contribution in [2.75, 3.05) is 12.4 Å². The topological polar surface area (TPSA) is 38.3 Å². The van der Waals surface area contributed by atoms with Crippen LogP contribution in [-0.4, -0.2) is 18.3 Å². The Balaban J connectivity index is 1.48. The van der Waals surface area contributed by atoms with Crippen LogP contribution in [0.5, 0.6) is 5.75 Å². The van der Waals surface area contributed by atoms with Gasteiger partial charge < -0.3 is 10.1 Å². The molecule has 0 aliphatic carbocycles. The van der Waals surface area contributed by atoms with E-state index >= 15 is 0 Å². The van der Waals surface area contributed by atoms with Crippen LogP contribution in [0.15, 0.2) is 77.7 Å². The predicted molar refractivity (Wildman–Crippen MR) is 125 cm³/mol. The zero-order chi connectivity index (χ0) is 21.2. The van der Waals surface area contributed by atoms with Gasteiger partial charge in [-0.05, 0) is 65.9 Å². The summed E-state index contributed by atoms with van der Waals surface area (Å²) in [7, 11) is 0. The molecule has 0 aliphatic rings. The van der Waals surface area contributed by atoms with Crippen molar-refractivity contribution in [1.29, 1.82) is 0 Å². The van der Waals surface area contributed by atoms with Crippen LogP contribution in [0.1, 0.15) is 40.9 Å². The summed E-state index contributed by atoms with van der Waals surface area (Å²) in [4.78, 5) is 13.8. The van der Waals surface area contributed by atoms with Gasteiger partial charge in [-0.3, -0.25) is 4.79 Å². The Bertz CT molecular complexity index is 939. The second-order valence-corrected chi connectivity index (χ2v) is 8.20. The highest BCUT2D eigenvalue weighted by Crippen LogP contribution is 2.18. The summed E-state index contributed by atoms with van der Waals surface area (Å²) in [6, 6.07) is 24.2. The molecule has 30 heavy (non-hydrogen) atoms. The summed E-state index contributed by atoms with van der Waals surface area (Å²) in [6.07, 6.45) is 1.96. The third-order valence-electron chi connectivity index (χ3n) is 4.98. The van der Waals surface area contributed by atoms with E-state index in [0.717, 1.165) is 24.3 Å². The van der Waals surface area contributed by atoms with Crippen LogP contribution >= 0.6 is 11.8 Å². The van der Waals surface area contributed by atoms with Gasteiger partial charge in [0.15, 0.2) is 0 Å². The first-order chi connectivity index (χ1) is 14.7.